The number of phenols is 4. The van der Waals surface area contributed by atoms with Gasteiger partial charge in [0.15, 0.2) is 0 Å². The molecular weight excluding hydrogens is 641 g/mol. The van der Waals surface area contributed by atoms with Crippen molar-refractivity contribution in [2.75, 3.05) is 0 Å². The van der Waals surface area contributed by atoms with Crippen molar-refractivity contribution in [2.45, 2.75) is 76.0 Å². The Hall–Kier alpha value is -5.48. The molecule has 0 fully saturated rings. The summed E-state index contributed by atoms with van der Waals surface area (Å²) in [7, 11) is 0. The maximum atomic E-state index is 11.5. The molecule has 0 aliphatic rings. The maximum Gasteiger partial charge on any atom is 0.119 e. The van der Waals surface area contributed by atoms with E-state index in [0.717, 1.165) is 44.5 Å². The monoisotopic (exact) mass is 690 g/mol. The van der Waals surface area contributed by atoms with Crippen LogP contribution in [-0.4, -0.2) is 20.4 Å². The van der Waals surface area contributed by atoms with Crippen molar-refractivity contribution in [2.24, 2.45) is 0 Å². The summed E-state index contributed by atoms with van der Waals surface area (Å²) in [5, 5.41) is 44.3. The van der Waals surface area contributed by atoms with Crippen molar-refractivity contribution >= 4 is 0 Å². The van der Waals surface area contributed by atoms with E-state index in [0.29, 0.717) is 0 Å². The van der Waals surface area contributed by atoms with Crippen LogP contribution in [-0.2, 0) is 21.7 Å². The highest BCUT2D eigenvalue weighted by Gasteiger charge is 2.58. The van der Waals surface area contributed by atoms with E-state index in [9.17, 15) is 20.4 Å². The summed E-state index contributed by atoms with van der Waals surface area (Å²) in [6, 6.07) is 48.0. The fourth-order valence-electron chi connectivity index (χ4n) is 8.33. The predicted octanol–water partition coefficient (Wildman–Crippen LogP) is 11.2. The SMILES string of the molecule is CC(C)(C)c1cc(C(c2ccc(O)c(C(C)(C)C)c2)(C(c2ccccc2)c2ccccc2)C(C)(c2ccc(O)cc2)c2ccc(O)cc2)ccc1O. The Morgan fingerprint density at radius 3 is 1.04 bits per heavy atom. The first-order valence-corrected chi connectivity index (χ1v) is 18.0. The van der Waals surface area contributed by atoms with Gasteiger partial charge in [-0.1, -0.05) is 158 Å². The van der Waals surface area contributed by atoms with Crippen molar-refractivity contribution in [3.05, 3.63) is 190 Å². The van der Waals surface area contributed by atoms with Gasteiger partial charge in [-0.05, 0) is 91.7 Å². The largest absolute Gasteiger partial charge is 0.508 e. The van der Waals surface area contributed by atoms with Gasteiger partial charge in [0, 0.05) is 16.7 Å². The quantitative estimate of drug-likeness (QED) is 0.128. The van der Waals surface area contributed by atoms with Crippen molar-refractivity contribution in [3.63, 3.8) is 0 Å². The Bertz CT molecular complexity index is 1990. The molecule has 0 amide bonds. The molecule has 0 radical (unpaired) electrons. The molecule has 0 spiro atoms. The molecule has 6 aromatic rings. The Balaban J connectivity index is 1.97. The zero-order valence-corrected chi connectivity index (χ0v) is 31.2. The predicted molar refractivity (Wildman–Crippen MR) is 212 cm³/mol. The third-order valence-corrected chi connectivity index (χ3v) is 10.9. The first-order chi connectivity index (χ1) is 24.6. The lowest BCUT2D eigenvalue weighted by atomic mass is 9.45. The van der Waals surface area contributed by atoms with E-state index in [2.05, 4.69) is 109 Å². The summed E-state index contributed by atoms with van der Waals surface area (Å²) in [4.78, 5) is 0. The maximum absolute atomic E-state index is 11.5. The van der Waals surface area contributed by atoms with Gasteiger partial charge in [0.1, 0.15) is 23.0 Å². The topological polar surface area (TPSA) is 80.9 Å². The Labute approximate surface area is 308 Å². The van der Waals surface area contributed by atoms with Gasteiger partial charge in [0.05, 0.1) is 0 Å². The van der Waals surface area contributed by atoms with Crippen LogP contribution in [0.4, 0.5) is 0 Å². The molecule has 0 unspecified atom stereocenters. The molecule has 6 aromatic carbocycles. The molecule has 0 aliphatic heterocycles. The van der Waals surface area contributed by atoms with Gasteiger partial charge in [-0.15, -0.1) is 0 Å². The lowest BCUT2D eigenvalue weighted by Gasteiger charge is -2.55. The van der Waals surface area contributed by atoms with E-state index in [1.165, 1.54) is 0 Å². The summed E-state index contributed by atoms with van der Waals surface area (Å²) in [5.74, 6) is 0.405. The highest BCUT2D eigenvalue weighted by molar-refractivity contribution is 5.64. The number of aromatic hydroxyl groups is 4. The minimum atomic E-state index is -1.02. The van der Waals surface area contributed by atoms with E-state index in [-0.39, 0.29) is 28.9 Å². The van der Waals surface area contributed by atoms with Gasteiger partial charge >= 0.3 is 0 Å². The molecule has 0 aliphatic carbocycles. The summed E-state index contributed by atoms with van der Waals surface area (Å²) in [6.07, 6.45) is 0. The van der Waals surface area contributed by atoms with Crippen molar-refractivity contribution in [1.82, 2.24) is 0 Å². The second-order valence-electron chi connectivity index (χ2n) is 16.2. The van der Waals surface area contributed by atoms with Crippen LogP contribution in [0.5, 0.6) is 23.0 Å². The third kappa shape index (κ3) is 6.32. The lowest BCUT2D eigenvalue weighted by Crippen LogP contribution is -2.53. The highest BCUT2D eigenvalue weighted by Crippen LogP contribution is 2.62. The lowest BCUT2D eigenvalue weighted by molar-refractivity contribution is 0.293. The van der Waals surface area contributed by atoms with Crippen LogP contribution >= 0.6 is 0 Å². The van der Waals surface area contributed by atoms with Crippen LogP contribution in [0.1, 0.15) is 98.9 Å². The second-order valence-corrected chi connectivity index (χ2v) is 16.2. The van der Waals surface area contributed by atoms with E-state index in [1.54, 1.807) is 24.3 Å². The minimum Gasteiger partial charge on any atom is -0.508 e. The van der Waals surface area contributed by atoms with Crippen molar-refractivity contribution < 1.29 is 20.4 Å². The normalized spacial score (nSPS) is 12.6. The standard InChI is InChI=1S/C48H50O4/c1-45(2,3)40-30-36(22-28-42(40)51)48(37-23-29-43(52)41(31-37)46(4,5)6,44(32-14-10-8-11-15-32)33-16-12-9-13-17-33)47(7,34-18-24-38(49)25-19-34)35-20-26-39(50)27-21-35/h8-31,44,49-52H,1-7H3. The molecule has 266 valence electrons. The first kappa shape index (κ1) is 36.3. The summed E-state index contributed by atoms with van der Waals surface area (Å²) >= 11 is 0. The molecule has 6 rings (SSSR count). The molecule has 0 saturated carbocycles. The van der Waals surface area contributed by atoms with Crippen LogP contribution in [0.25, 0.3) is 0 Å². The van der Waals surface area contributed by atoms with Crippen LogP contribution in [0, 0.1) is 0 Å². The van der Waals surface area contributed by atoms with Crippen LogP contribution in [0.15, 0.2) is 146 Å². The van der Waals surface area contributed by atoms with Crippen LogP contribution in [0.3, 0.4) is 0 Å². The molecule has 0 aromatic heterocycles. The second kappa shape index (κ2) is 13.6. The highest BCUT2D eigenvalue weighted by atomic mass is 16.3. The molecule has 0 heterocycles. The zero-order valence-electron chi connectivity index (χ0n) is 31.2. The fourth-order valence-corrected chi connectivity index (χ4v) is 8.33. The summed E-state index contributed by atoms with van der Waals surface area (Å²) in [5.41, 5.74) is 4.79. The van der Waals surface area contributed by atoms with Crippen LogP contribution in [0.2, 0.25) is 0 Å². The van der Waals surface area contributed by atoms with E-state index in [1.807, 2.05) is 60.7 Å². The van der Waals surface area contributed by atoms with Crippen molar-refractivity contribution in [1.29, 1.82) is 0 Å². The molecule has 52 heavy (non-hydrogen) atoms. The van der Waals surface area contributed by atoms with Gasteiger partial charge in [-0.2, -0.15) is 0 Å². The fraction of sp³-hybridized carbons (Fsp3) is 0.250. The van der Waals surface area contributed by atoms with Gasteiger partial charge < -0.3 is 20.4 Å². The summed E-state index contributed by atoms with van der Waals surface area (Å²) in [6.45, 7) is 14.9. The molecule has 0 bridgehead atoms. The molecule has 0 atom stereocenters. The summed E-state index contributed by atoms with van der Waals surface area (Å²) < 4.78 is 0. The Morgan fingerprint density at radius 1 is 0.385 bits per heavy atom. The van der Waals surface area contributed by atoms with E-state index < -0.39 is 21.7 Å². The Kier molecular flexibility index (Phi) is 9.48. The number of phenolic OH excluding ortho intramolecular Hbond substituents is 4. The van der Waals surface area contributed by atoms with Crippen LogP contribution < -0.4 is 0 Å². The van der Waals surface area contributed by atoms with Gasteiger partial charge in [-0.3, -0.25) is 0 Å². The van der Waals surface area contributed by atoms with Gasteiger partial charge in [0.25, 0.3) is 0 Å². The molecular formula is C48H50O4. The van der Waals surface area contributed by atoms with E-state index in [4.69, 9.17) is 0 Å². The van der Waals surface area contributed by atoms with Gasteiger partial charge in [0.2, 0.25) is 0 Å². The number of hydrogen-bond donors (Lipinski definition) is 4. The van der Waals surface area contributed by atoms with E-state index >= 15 is 0 Å². The van der Waals surface area contributed by atoms with Crippen molar-refractivity contribution in [3.8, 4) is 23.0 Å². The molecule has 4 nitrogen and oxygen atoms in total. The van der Waals surface area contributed by atoms with Gasteiger partial charge in [-0.25, -0.2) is 0 Å². The third-order valence-electron chi connectivity index (χ3n) is 10.9. The number of hydrogen-bond acceptors (Lipinski definition) is 4. The Morgan fingerprint density at radius 2 is 0.712 bits per heavy atom. The minimum absolute atomic E-state index is 0.157. The average molecular weight is 691 g/mol. The average Bonchev–Trinajstić information content (AvgIpc) is 3.11. The molecule has 4 heteroatoms. The number of benzene rings is 6. The zero-order chi connectivity index (χ0) is 37.5. The molecule has 4 N–H and O–H groups in total. The molecule has 0 saturated heterocycles. The smallest absolute Gasteiger partial charge is 0.119 e. The number of rotatable bonds is 8. The first-order valence-electron chi connectivity index (χ1n) is 18.0.